The normalized spacial score (nSPS) is 15.8. The van der Waals surface area contributed by atoms with E-state index in [0.29, 0.717) is 17.5 Å². The summed E-state index contributed by atoms with van der Waals surface area (Å²) in [5, 5.41) is 6.08. The van der Waals surface area contributed by atoms with E-state index in [-0.39, 0.29) is 30.4 Å². The molecule has 0 spiro atoms. The summed E-state index contributed by atoms with van der Waals surface area (Å²) in [5.41, 5.74) is 4.79. The molecule has 3 amide bonds. The predicted molar refractivity (Wildman–Crippen MR) is 168 cm³/mol. The Morgan fingerprint density at radius 2 is 1.91 bits per heavy atom. The first kappa shape index (κ1) is 30.2. The average molecular weight is 604 g/mol. The topological polar surface area (TPSA) is 133 Å². The minimum absolute atomic E-state index is 0.00599. The van der Waals surface area contributed by atoms with Crippen molar-refractivity contribution in [3.8, 4) is 22.4 Å². The third-order valence-electron chi connectivity index (χ3n) is 7.78. The fourth-order valence-corrected chi connectivity index (χ4v) is 6.28. The van der Waals surface area contributed by atoms with Crippen LogP contribution in [0.15, 0.2) is 48.7 Å². The number of fused-ring (bicyclic) bond motifs is 1. The van der Waals surface area contributed by atoms with Gasteiger partial charge in [-0.2, -0.15) is 0 Å². The lowest BCUT2D eigenvalue weighted by molar-refractivity contribution is -0.132. The first-order chi connectivity index (χ1) is 20.8. The van der Waals surface area contributed by atoms with Gasteiger partial charge < -0.3 is 25.3 Å². The molecule has 11 nitrogen and oxygen atoms in total. The van der Waals surface area contributed by atoms with Crippen LogP contribution in [0.3, 0.4) is 0 Å². The highest BCUT2D eigenvalue weighted by Crippen LogP contribution is 2.32. The number of carbonyl (C=O) groups excluding carboxylic acids is 3. The molecule has 0 radical (unpaired) electrons. The van der Waals surface area contributed by atoms with Crippen LogP contribution >= 0.6 is 11.3 Å². The van der Waals surface area contributed by atoms with Gasteiger partial charge in [0.1, 0.15) is 12.4 Å². The first-order valence-electron chi connectivity index (χ1n) is 14.5. The molecule has 3 heterocycles. The number of alkyl carbamates (subject to hydrolysis) is 1. The number of rotatable bonds is 10. The number of ether oxygens (including phenoxy) is 1. The Morgan fingerprint density at radius 3 is 2.60 bits per heavy atom. The van der Waals surface area contributed by atoms with Gasteiger partial charge in [-0.05, 0) is 68.6 Å². The summed E-state index contributed by atoms with van der Waals surface area (Å²) in [6, 6.07) is 13.9. The second kappa shape index (κ2) is 13.3. The number of anilines is 1. The Hall–Kier alpha value is -4.29. The Bertz CT molecular complexity index is 1600. The number of amides is 3. The van der Waals surface area contributed by atoms with Gasteiger partial charge in [-0.25, -0.2) is 14.8 Å². The highest BCUT2D eigenvalue weighted by atomic mass is 32.1. The molecule has 0 saturated carbocycles. The molecule has 5 rings (SSSR count). The number of H-pyrrole nitrogens is 1. The maximum Gasteiger partial charge on any atom is 0.407 e. The molecule has 2 atom stereocenters. The van der Waals surface area contributed by atoms with Gasteiger partial charge in [0.05, 0.1) is 41.3 Å². The zero-order valence-corrected chi connectivity index (χ0v) is 25.7. The van der Waals surface area contributed by atoms with E-state index in [9.17, 15) is 14.4 Å². The summed E-state index contributed by atoms with van der Waals surface area (Å²) >= 11 is 1.48. The number of carbonyl (C=O) groups is 3. The van der Waals surface area contributed by atoms with E-state index in [1.807, 2.05) is 45.2 Å². The number of likely N-dealkylation sites (N-methyl/N-ethyl adjacent to an activating group) is 1. The Kier molecular flexibility index (Phi) is 9.37. The van der Waals surface area contributed by atoms with Crippen molar-refractivity contribution in [2.45, 2.75) is 45.2 Å². The standard InChI is InChI=1S/C31H37N7O4S/c1-5-14-38(27(39)18-33-31(41)42-4)19(2)28-32-17-24(34-28)21-10-8-20(9-11-21)22-12-13-23-26(16-22)43-30(35-23)36-29(40)25-7-6-15-37(25)3/h8-13,16-17,19,25H,5-7,14-15,18H2,1-4H3,(H,32,34)(H,33,41)(H,35,36,40)/t19?,25-/m0/s1. The maximum absolute atomic E-state index is 12.8. The van der Waals surface area contributed by atoms with E-state index in [1.54, 1.807) is 11.1 Å². The van der Waals surface area contributed by atoms with Gasteiger partial charge in [0.2, 0.25) is 11.8 Å². The van der Waals surface area contributed by atoms with Crippen LogP contribution in [0.1, 0.15) is 45.0 Å². The molecule has 1 aliphatic heterocycles. The molecule has 1 saturated heterocycles. The number of aromatic amines is 1. The van der Waals surface area contributed by atoms with Gasteiger partial charge in [0.15, 0.2) is 5.13 Å². The van der Waals surface area contributed by atoms with Crippen molar-refractivity contribution in [3.63, 3.8) is 0 Å². The summed E-state index contributed by atoms with van der Waals surface area (Å²) < 4.78 is 5.58. The lowest BCUT2D eigenvalue weighted by Crippen LogP contribution is -2.42. The minimum Gasteiger partial charge on any atom is -0.453 e. The number of nitrogens with one attached hydrogen (secondary N) is 3. The number of imidazole rings is 1. The Labute approximate surface area is 254 Å². The molecule has 12 heteroatoms. The van der Waals surface area contributed by atoms with Gasteiger partial charge in [-0.15, -0.1) is 0 Å². The highest BCUT2D eigenvalue weighted by Gasteiger charge is 2.28. The fourth-order valence-electron chi connectivity index (χ4n) is 5.37. The molecule has 1 fully saturated rings. The molecule has 2 aromatic carbocycles. The molecule has 1 aliphatic rings. The summed E-state index contributed by atoms with van der Waals surface area (Å²) in [6.45, 7) is 5.24. The largest absolute Gasteiger partial charge is 0.453 e. The average Bonchev–Trinajstić information content (AvgIpc) is 3.77. The molecule has 226 valence electrons. The van der Waals surface area contributed by atoms with E-state index in [4.69, 9.17) is 0 Å². The van der Waals surface area contributed by atoms with Crippen molar-refractivity contribution in [3.05, 3.63) is 54.5 Å². The fraction of sp³-hybridized carbons (Fsp3) is 0.387. The van der Waals surface area contributed by atoms with Crippen LogP contribution in [-0.4, -0.2) is 82.5 Å². The summed E-state index contributed by atoms with van der Waals surface area (Å²) in [6.07, 6.45) is 3.80. The van der Waals surface area contributed by atoms with Gasteiger partial charge >= 0.3 is 6.09 Å². The van der Waals surface area contributed by atoms with Crippen LogP contribution in [0.25, 0.3) is 32.6 Å². The monoisotopic (exact) mass is 603 g/mol. The van der Waals surface area contributed by atoms with Gasteiger partial charge in [0.25, 0.3) is 0 Å². The molecular weight excluding hydrogens is 566 g/mol. The third kappa shape index (κ3) is 6.86. The Balaban J connectivity index is 1.26. The molecule has 0 bridgehead atoms. The van der Waals surface area contributed by atoms with E-state index in [0.717, 1.165) is 58.4 Å². The van der Waals surface area contributed by atoms with Crippen LogP contribution < -0.4 is 10.6 Å². The number of hydrogen-bond acceptors (Lipinski definition) is 8. The van der Waals surface area contributed by atoms with E-state index in [1.165, 1.54) is 18.4 Å². The van der Waals surface area contributed by atoms with E-state index >= 15 is 0 Å². The second-order valence-electron chi connectivity index (χ2n) is 10.7. The van der Waals surface area contributed by atoms with Crippen molar-refractivity contribution >= 4 is 44.6 Å². The number of likely N-dealkylation sites (tertiary alicyclic amines) is 1. The molecule has 4 aromatic rings. The van der Waals surface area contributed by atoms with Crippen molar-refractivity contribution in [1.82, 2.24) is 30.1 Å². The zero-order chi connectivity index (χ0) is 30.5. The van der Waals surface area contributed by atoms with Gasteiger partial charge in [-0.1, -0.05) is 48.6 Å². The first-order valence-corrected chi connectivity index (χ1v) is 15.3. The van der Waals surface area contributed by atoms with Crippen LogP contribution in [0, 0.1) is 0 Å². The van der Waals surface area contributed by atoms with Crippen molar-refractivity contribution in [1.29, 1.82) is 0 Å². The zero-order valence-electron chi connectivity index (χ0n) is 24.8. The van der Waals surface area contributed by atoms with Crippen LogP contribution in [0.2, 0.25) is 0 Å². The number of aromatic nitrogens is 3. The SMILES string of the molecule is CCCN(C(=O)CNC(=O)OC)C(C)c1ncc(-c2ccc(-c3ccc4nc(NC(=O)[C@@H]5CCCN5C)sc4c3)cc2)[nH]1. The lowest BCUT2D eigenvalue weighted by Gasteiger charge is -2.27. The number of nitrogens with zero attached hydrogens (tertiary/aromatic N) is 4. The van der Waals surface area contributed by atoms with Crippen LogP contribution in [0.5, 0.6) is 0 Å². The molecule has 3 N–H and O–H groups in total. The summed E-state index contributed by atoms with van der Waals surface area (Å²) in [4.78, 5) is 53.2. The highest BCUT2D eigenvalue weighted by molar-refractivity contribution is 7.22. The van der Waals surface area contributed by atoms with Crippen molar-refractivity contribution in [2.75, 3.05) is 39.1 Å². The molecule has 0 aliphatic carbocycles. The molecule has 2 aromatic heterocycles. The van der Waals surface area contributed by atoms with E-state index < -0.39 is 6.09 Å². The molecule has 1 unspecified atom stereocenters. The maximum atomic E-state index is 12.8. The van der Waals surface area contributed by atoms with E-state index in [2.05, 4.69) is 53.4 Å². The lowest BCUT2D eigenvalue weighted by atomic mass is 10.0. The quantitative estimate of drug-likeness (QED) is 0.231. The minimum atomic E-state index is -0.644. The molecular formula is C31H37N7O4S. The van der Waals surface area contributed by atoms with Crippen LogP contribution in [-0.2, 0) is 14.3 Å². The third-order valence-corrected chi connectivity index (χ3v) is 8.72. The molecule has 43 heavy (non-hydrogen) atoms. The number of thiazole rings is 1. The number of hydrogen-bond donors (Lipinski definition) is 3. The number of benzene rings is 2. The second-order valence-corrected chi connectivity index (χ2v) is 11.7. The summed E-state index contributed by atoms with van der Waals surface area (Å²) in [7, 11) is 3.25. The Morgan fingerprint density at radius 1 is 1.16 bits per heavy atom. The van der Waals surface area contributed by atoms with Crippen molar-refractivity contribution in [2.24, 2.45) is 0 Å². The predicted octanol–water partition coefficient (Wildman–Crippen LogP) is 5.04. The van der Waals surface area contributed by atoms with Gasteiger partial charge in [-0.3, -0.25) is 14.5 Å². The van der Waals surface area contributed by atoms with Gasteiger partial charge in [0, 0.05) is 6.54 Å². The number of methoxy groups -OCH3 is 1. The summed E-state index contributed by atoms with van der Waals surface area (Å²) in [5.74, 6) is 0.458. The van der Waals surface area contributed by atoms with Crippen LogP contribution in [0.4, 0.5) is 9.93 Å². The smallest absolute Gasteiger partial charge is 0.407 e. The van der Waals surface area contributed by atoms with Crippen molar-refractivity contribution < 1.29 is 19.1 Å².